The number of pyridine rings is 1. The number of carbonyl (C=O) groups is 1. The van der Waals surface area contributed by atoms with Gasteiger partial charge in [0.2, 0.25) is 0 Å². The number of aryl methyl sites for hydroxylation is 2. The molecular weight excluding hydrogens is 617 g/mol. The fourth-order valence-electron chi connectivity index (χ4n) is 6.92. The van der Waals surface area contributed by atoms with Crippen molar-refractivity contribution in [3.8, 4) is 38.6 Å². The number of hydrogen-bond acceptors (Lipinski definition) is 7. The molecule has 240 valence electrons. The molecule has 0 amide bonds. The minimum atomic E-state index is -0.761. The first-order chi connectivity index (χ1) is 23.1. The van der Waals surface area contributed by atoms with E-state index in [4.69, 9.17) is 19.4 Å². The summed E-state index contributed by atoms with van der Waals surface area (Å²) in [7, 11) is 1.96. The highest BCUT2D eigenvalue weighted by atomic mass is 32.1. The van der Waals surface area contributed by atoms with Gasteiger partial charge in [0, 0.05) is 52.7 Å². The molecular formula is C40H36N4O3S. The van der Waals surface area contributed by atoms with E-state index in [2.05, 4.69) is 72.7 Å². The second kappa shape index (κ2) is 11.4. The van der Waals surface area contributed by atoms with Crippen molar-refractivity contribution < 1.29 is 14.3 Å². The van der Waals surface area contributed by atoms with E-state index in [1.165, 1.54) is 5.56 Å². The van der Waals surface area contributed by atoms with Gasteiger partial charge in [-0.15, -0.1) is 11.3 Å². The number of carbonyl (C=O) groups excluding carboxylic acids is 1. The zero-order valence-corrected chi connectivity index (χ0v) is 28.7. The minimum Gasteiger partial charge on any atom is -0.493 e. The maximum atomic E-state index is 13.4. The molecule has 0 fully saturated rings. The third-order valence-electron chi connectivity index (χ3n) is 9.06. The van der Waals surface area contributed by atoms with Gasteiger partial charge in [-0.1, -0.05) is 24.3 Å². The molecule has 4 aromatic carbocycles. The van der Waals surface area contributed by atoms with Crippen LogP contribution in [0.3, 0.4) is 0 Å². The Morgan fingerprint density at radius 3 is 2.65 bits per heavy atom. The lowest BCUT2D eigenvalue weighted by Crippen LogP contribution is -2.27. The highest BCUT2D eigenvalue weighted by Gasteiger charge is 2.32. The topological polar surface area (TPSA) is 79.1 Å². The molecule has 0 saturated carbocycles. The monoisotopic (exact) mass is 652 g/mol. The average Bonchev–Trinajstić information content (AvgIpc) is 3.66. The molecule has 0 bridgehead atoms. The first-order valence-corrected chi connectivity index (χ1v) is 17.1. The van der Waals surface area contributed by atoms with Crippen molar-refractivity contribution in [2.24, 2.45) is 7.05 Å². The van der Waals surface area contributed by atoms with E-state index in [0.717, 1.165) is 88.1 Å². The van der Waals surface area contributed by atoms with Crippen molar-refractivity contribution in [3.63, 3.8) is 0 Å². The molecule has 0 saturated heterocycles. The predicted molar refractivity (Wildman–Crippen MR) is 194 cm³/mol. The van der Waals surface area contributed by atoms with Gasteiger partial charge in [-0.05, 0) is 99.3 Å². The minimum absolute atomic E-state index is 0.0457. The van der Waals surface area contributed by atoms with E-state index in [0.29, 0.717) is 6.61 Å². The number of hydrogen-bond donors (Lipinski definition) is 0. The summed E-state index contributed by atoms with van der Waals surface area (Å²) in [5.74, 6) is 0.796. The zero-order chi connectivity index (χ0) is 33.3. The summed E-state index contributed by atoms with van der Waals surface area (Å²) in [4.78, 5) is 23.6. The average molecular weight is 653 g/mol. The smallest absolute Gasteiger partial charge is 0.163 e. The number of fused-ring (bicyclic) bond motifs is 2. The van der Waals surface area contributed by atoms with Gasteiger partial charge in [0.05, 0.1) is 39.7 Å². The fraction of sp³-hybridized carbons (Fsp3) is 0.250. The van der Waals surface area contributed by atoms with Gasteiger partial charge in [0.25, 0.3) is 0 Å². The van der Waals surface area contributed by atoms with Gasteiger partial charge in [-0.3, -0.25) is 14.5 Å². The molecule has 1 aliphatic heterocycles. The van der Waals surface area contributed by atoms with E-state index in [1.807, 2.05) is 51.0 Å². The molecule has 3 aromatic heterocycles. The number of rotatable bonds is 6. The van der Waals surface area contributed by atoms with Gasteiger partial charge in [0.15, 0.2) is 5.78 Å². The Labute approximate surface area is 283 Å². The lowest BCUT2D eigenvalue weighted by molar-refractivity contribution is -0.138. The summed E-state index contributed by atoms with van der Waals surface area (Å²) >= 11 is 1.64. The molecule has 7 nitrogen and oxygen atoms in total. The van der Waals surface area contributed by atoms with Crippen molar-refractivity contribution in [1.82, 2.24) is 19.7 Å². The van der Waals surface area contributed by atoms with Gasteiger partial charge < -0.3 is 9.47 Å². The Morgan fingerprint density at radius 2 is 1.83 bits per heavy atom. The molecule has 7 aromatic rings. The Kier molecular flexibility index (Phi) is 7.20. The largest absolute Gasteiger partial charge is 0.493 e. The van der Waals surface area contributed by atoms with Crippen LogP contribution in [0, 0.1) is 6.92 Å². The van der Waals surface area contributed by atoms with Crippen LogP contribution < -0.4 is 4.74 Å². The van der Waals surface area contributed by atoms with Crippen LogP contribution in [0.25, 0.3) is 64.8 Å². The van der Waals surface area contributed by atoms with Crippen LogP contribution in [-0.4, -0.2) is 37.7 Å². The number of nitrogens with zero attached hydrogens (tertiary/aromatic N) is 4. The second-order valence-electron chi connectivity index (χ2n) is 13.6. The Balaban J connectivity index is 1.36. The van der Waals surface area contributed by atoms with E-state index in [1.54, 1.807) is 18.3 Å². The normalized spacial score (nSPS) is 13.7. The van der Waals surface area contributed by atoms with Gasteiger partial charge >= 0.3 is 0 Å². The molecule has 0 spiro atoms. The molecule has 0 aliphatic carbocycles. The predicted octanol–water partition coefficient (Wildman–Crippen LogP) is 9.42. The van der Waals surface area contributed by atoms with E-state index >= 15 is 0 Å². The van der Waals surface area contributed by atoms with Crippen LogP contribution in [0.4, 0.5) is 0 Å². The number of thiazole rings is 1. The summed E-state index contributed by atoms with van der Waals surface area (Å²) < 4.78 is 15.5. The standard InChI is InChI=1S/C40H36N4O3S/c1-22-18-30-38(48-39(43-30)27-9-7-8-25(19-27)26-10-12-31-28(20-26)21-42-44(31)6)35(33(22)37(23(2)45)47-40(3,4)5)29-11-13-32-34-24(15-17-46-32)14-16-41-36(29)34/h7-14,16,18-21,37H,15,17H2,1-6H3/t37-/m1/s1. The zero-order valence-electron chi connectivity index (χ0n) is 27.9. The van der Waals surface area contributed by atoms with Crippen molar-refractivity contribution >= 4 is 49.1 Å². The van der Waals surface area contributed by atoms with E-state index in [9.17, 15) is 4.79 Å². The molecule has 0 radical (unpaired) electrons. The van der Waals surface area contributed by atoms with Crippen LogP contribution in [0.2, 0.25) is 0 Å². The van der Waals surface area contributed by atoms with Crippen molar-refractivity contribution in [3.05, 3.63) is 95.8 Å². The van der Waals surface area contributed by atoms with Crippen molar-refractivity contribution in [1.29, 1.82) is 0 Å². The molecule has 0 N–H and O–H groups in total. The maximum Gasteiger partial charge on any atom is 0.163 e. The Hall–Kier alpha value is -4.92. The number of aromatic nitrogens is 4. The summed E-state index contributed by atoms with van der Waals surface area (Å²) in [6.07, 6.45) is 3.84. The lowest BCUT2D eigenvalue weighted by atomic mass is 9.88. The highest BCUT2D eigenvalue weighted by Crippen LogP contribution is 2.47. The van der Waals surface area contributed by atoms with E-state index in [-0.39, 0.29) is 5.78 Å². The summed E-state index contributed by atoms with van der Waals surface area (Å²) in [6, 6.07) is 23.3. The number of ether oxygens (including phenoxy) is 2. The number of ketones is 1. The fourth-order valence-corrected chi connectivity index (χ4v) is 8.03. The molecule has 8 heteroatoms. The first kappa shape index (κ1) is 30.4. The molecule has 8 rings (SSSR count). The van der Waals surface area contributed by atoms with Crippen molar-refractivity contribution in [2.45, 2.75) is 52.7 Å². The van der Waals surface area contributed by atoms with Crippen LogP contribution in [-0.2, 0) is 23.0 Å². The third kappa shape index (κ3) is 5.16. The molecule has 1 aliphatic rings. The van der Waals surface area contributed by atoms with Crippen LogP contribution in [0.1, 0.15) is 50.5 Å². The Morgan fingerprint density at radius 1 is 1.02 bits per heavy atom. The lowest BCUT2D eigenvalue weighted by Gasteiger charge is -2.29. The summed E-state index contributed by atoms with van der Waals surface area (Å²) in [6.45, 7) is 10.3. The van der Waals surface area contributed by atoms with Crippen LogP contribution in [0.5, 0.6) is 5.75 Å². The van der Waals surface area contributed by atoms with Crippen molar-refractivity contribution in [2.75, 3.05) is 6.61 Å². The van der Waals surface area contributed by atoms with E-state index < -0.39 is 11.7 Å². The quantitative estimate of drug-likeness (QED) is 0.178. The molecule has 4 heterocycles. The van der Waals surface area contributed by atoms with Crippen LogP contribution >= 0.6 is 11.3 Å². The maximum absolute atomic E-state index is 13.4. The number of Topliss-reactive ketones (excluding diaryl/α,β-unsaturated/α-hetero) is 1. The Bertz CT molecular complexity index is 2410. The molecule has 0 unspecified atom stereocenters. The molecule has 48 heavy (non-hydrogen) atoms. The first-order valence-electron chi connectivity index (χ1n) is 16.2. The van der Waals surface area contributed by atoms with Gasteiger partial charge in [-0.2, -0.15) is 5.10 Å². The second-order valence-corrected chi connectivity index (χ2v) is 14.6. The van der Waals surface area contributed by atoms with Crippen LogP contribution in [0.15, 0.2) is 79.1 Å². The third-order valence-corrected chi connectivity index (χ3v) is 10.2. The SMILES string of the molecule is CC(=O)[C@@H](OC(C)(C)C)c1c(C)cc2nc(-c3cccc(-c4ccc5c(cnn5C)c4)c3)sc2c1-c1ccc2c3c(ccnc13)CCO2. The summed E-state index contributed by atoms with van der Waals surface area (Å²) in [5.41, 5.74) is 10.5. The van der Waals surface area contributed by atoms with Gasteiger partial charge in [0.1, 0.15) is 16.9 Å². The molecule has 1 atom stereocenters. The number of benzene rings is 4. The summed E-state index contributed by atoms with van der Waals surface area (Å²) in [5, 5.41) is 7.45. The highest BCUT2D eigenvalue weighted by molar-refractivity contribution is 7.22. The van der Waals surface area contributed by atoms with Gasteiger partial charge in [-0.25, -0.2) is 4.98 Å².